The van der Waals surface area contributed by atoms with E-state index < -0.39 is 0 Å². The van der Waals surface area contributed by atoms with Crippen LogP contribution in [0.1, 0.15) is 44.1 Å². The van der Waals surface area contributed by atoms with E-state index in [4.69, 9.17) is 9.47 Å². The van der Waals surface area contributed by atoms with Crippen LogP contribution >= 0.6 is 0 Å². The summed E-state index contributed by atoms with van der Waals surface area (Å²) >= 11 is 0. The third kappa shape index (κ3) is 3.01. The molecule has 3 heteroatoms. The standard InChI is InChI=1S/C20H24O3/c1-2-14-3-5-18(6-4-14)22-13-19(21)23-20-10-15-7-16(11-20)9-17(8-15)12-20/h2-6,15-17H,1,7-13H2. The fourth-order valence-electron chi connectivity index (χ4n) is 5.27. The topological polar surface area (TPSA) is 35.5 Å². The summed E-state index contributed by atoms with van der Waals surface area (Å²) < 4.78 is 11.5. The molecule has 4 saturated carbocycles. The quantitative estimate of drug-likeness (QED) is 0.764. The maximum atomic E-state index is 12.3. The highest BCUT2D eigenvalue weighted by Gasteiger charge is 2.53. The van der Waals surface area contributed by atoms with E-state index in [1.807, 2.05) is 24.3 Å². The van der Waals surface area contributed by atoms with E-state index in [1.165, 1.54) is 19.3 Å². The number of hydrogen-bond donors (Lipinski definition) is 0. The van der Waals surface area contributed by atoms with Crippen LogP contribution in [0.5, 0.6) is 5.75 Å². The summed E-state index contributed by atoms with van der Waals surface area (Å²) in [6.45, 7) is 3.72. The molecule has 1 aromatic carbocycles. The predicted octanol–water partition coefficient (Wildman–Crippen LogP) is 4.22. The van der Waals surface area contributed by atoms with E-state index in [1.54, 1.807) is 6.08 Å². The Morgan fingerprint density at radius 2 is 1.65 bits per heavy atom. The summed E-state index contributed by atoms with van der Waals surface area (Å²) in [6.07, 6.45) is 9.04. The van der Waals surface area contributed by atoms with Crippen molar-refractivity contribution in [3.63, 3.8) is 0 Å². The second-order valence-corrected chi connectivity index (χ2v) is 7.64. The van der Waals surface area contributed by atoms with Gasteiger partial charge in [0.2, 0.25) is 0 Å². The lowest BCUT2D eigenvalue weighted by Crippen LogP contribution is -2.53. The van der Waals surface area contributed by atoms with E-state index in [2.05, 4.69) is 6.58 Å². The molecule has 0 radical (unpaired) electrons. The van der Waals surface area contributed by atoms with E-state index >= 15 is 0 Å². The molecular weight excluding hydrogens is 288 g/mol. The molecule has 0 aliphatic heterocycles. The fraction of sp³-hybridized carbons (Fsp3) is 0.550. The number of carbonyl (C=O) groups is 1. The van der Waals surface area contributed by atoms with Crippen LogP contribution in [-0.2, 0) is 9.53 Å². The highest BCUT2D eigenvalue weighted by Crippen LogP contribution is 2.57. The Kier molecular flexibility index (Phi) is 3.67. The number of carbonyl (C=O) groups excluding carboxylic acids is 1. The van der Waals surface area contributed by atoms with Gasteiger partial charge in [-0.2, -0.15) is 0 Å². The van der Waals surface area contributed by atoms with Crippen LogP contribution in [0.4, 0.5) is 0 Å². The summed E-state index contributed by atoms with van der Waals surface area (Å²) in [6, 6.07) is 7.56. The minimum atomic E-state index is -0.222. The Labute approximate surface area is 137 Å². The monoisotopic (exact) mass is 312 g/mol. The second-order valence-electron chi connectivity index (χ2n) is 7.64. The summed E-state index contributed by atoms with van der Waals surface area (Å²) in [5.41, 5.74) is 0.857. The number of benzene rings is 1. The van der Waals surface area contributed by atoms with E-state index in [-0.39, 0.29) is 18.2 Å². The molecule has 4 bridgehead atoms. The van der Waals surface area contributed by atoms with Gasteiger partial charge in [-0.1, -0.05) is 24.8 Å². The van der Waals surface area contributed by atoms with Crippen LogP contribution in [0.25, 0.3) is 6.08 Å². The Morgan fingerprint density at radius 1 is 1.09 bits per heavy atom. The maximum absolute atomic E-state index is 12.3. The highest BCUT2D eigenvalue weighted by molar-refractivity contribution is 5.71. The molecule has 4 fully saturated rings. The first kappa shape index (κ1) is 14.8. The van der Waals surface area contributed by atoms with Crippen LogP contribution < -0.4 is 4.74 Å². The first-order valence-electron chi connectivity index (χ1n) is 8.71. The van der Waals surface area contributed by atoms with Crippen molar-refractivity contribution in [3.8, 4) is 5.75 Å². The number of ether oxygens (including phenoxy) is 2. The summed E-state index contributed by atoms with van der Waals surface area (Å²) in [5.74, 6) is 2.81. The molecule has 0 unspecified atom stereocenters. The van der Waals surface area contributed by atoms with Gasteiger partial charge in [0, 0.05) is 0 Å². The van der Waals surface area contributed by atoms with Crippen LogP contribution in [-0.4, -0.2) is 18.2 Å². The second kappa shape index (κ2) is 5.70. The van der Waals surface area contributed by atoms with Crippen molar-refractivity contribution < 1.29 is 14.3 Å². The third-order valence-corrected chi connectivity index (χ3v) is 5.78. The van der Waals surface area contributed by atoms with Crippen molar-refractivity contribution in [2.24, 2.45) is 17.8 Å². The summed E-state index contributed by atoms with van der Waals surface area (Å²) in [4.78, 5) is 12.3. The molecule has 3 nitrogen and oxygen atoms in total. The Bertz CT molecular complexity index is 567. The molecule has 23 heavy (non-hydrogen) atoms. The van der Waals surface area contributed by atoms with Crippen LogP contribution in [0, 0.1) is 17.8 Å². The van der Waals surface area contributed by atoms with Crippen LogP contribution in [0.3, 0.4) is 0 Å². The predicted molar refractivity (Wildman–Crippen MR) is 89.0 cm³/mol. The zero-order chi connectivity index (χ0) is 15.9. The van der Waals surface area contributed by atoms with Gasteiger partial charge in [0.25, 0.3) is 0 Å². The molecule has 0 aromatic heterocycles. The number of rotatable bonds is 5. The molecule has 5 rings (SSSR count). The van der Waals surface area contributed by atoms with E-state index in [0.29, 0.717) is 5.75 Å². The minimum absolute atomic E-state index is 0.00478. The average Bonchev–Trinajstić information content (AvgIpc) is 2.51. The van der Waals surface area contributed by atoms with Crippen LogP contribution in [0.15, 0.2) is 30.8 Å². The Balaban J connectivity index is 1.34. The first-order chi connectivity index (χ1) is 11.1. The van der Waals surface area contributed by atoms with E-state index in [0.717, 1.165) is 42.6 Å². The minimum Gasteiger partial charge on any atom is -0.482 e. The Morgan fingerprint density at radius 3 is 2.17 bits per heavy atom. The molecule has 4 aliphatic rings. The molecule has 0 N–H and O–H groups in total. The average molecular weight is 312 g/mol. The van der Waals surface area contributed by atoms with Gasteiger partial charge in [0.1, 0.15) is 11.4 Å². The molecule has 1 aromatic rings. The van der Waals surface area contributed by atoms with Gasteiger partial charge in [0.15, 0.2) is 6.61 Å². The van der Waals surface area contributed by atoms with Crippen molar-refractivity contribution in [1.29, 1.82) is 0 Å². The number of esters is 1. The van der Waals surface area contributed by atoms with Gasteiger partial charge < -0.3 is 9.47 Å². The molecule has 0 saturated heterocycles. The van der Waals surface area contributed by atoms with Gasteiger partial charge in [0.05, 0.1) is 0 Å². The van der Waals surface area contributed by atoms with Crippen LogP contribution in [0.2, 0.25) is 0 Å². The van der Waals surface area contributed by atoms with Gasteiger partial charge in [-0.05, 0) is 74.0 Å². The fourth-order valence-corrected chi connectivity index (χ4v) is 5.27. The maximum Gasteiger partial charge on any atom is 0.344 e. The lowest BCUT2D eigenvalue weighted by Gasteiger charge is -2.55. The van der Waals surface area contributed by atoms with Gasteiger partial charge in [-0.3, -0.25) is 0 Å². The van der Waals surface area contributed by atoms with Crippen molar-refractivity contribution in [3.05, 3.63) is 36.4 Å². The zero-order valence-corrected chi connectivity index (χ0v) is 13.5. The Hall–Kier alpha value is -1.77. The molecule has 4 aliphatic carbocycles. The molecule has 0 heterocycles. The lowest BCUT2D eigenvalue weighted by atomic mass is 9.54. The van der Waals surface area contributed by atoms with Gasteiger partial charge in [-0.15, -0.1) is 0 Å². The van der Waals surface area contributed by atoms with Gasteiger partial charge in [-0.25, -0.2) is 4.79 Å². The lowest BCUT2D eigenvalue weighted by molar-refractivity contribution is -0.188. The number of hydrogen-bond acceptors (Lipinski definition) is 3. The summed E-state index contributed by atoms with van der Waals surface area (Å²) in [5, 5.41) is 0. The molecule has 122 valence electrons. The smallest absolute Gasteiger partial charge is 0.344 e. The zero-order valence-electron chi connectivity index (χ0n) is 13.5. The highest BCUT2D eigenvalue weighted by atomic mass is 16.6. The molecule has 0 atom stereocenters. The largest absolute Gasteiger partial charge is 0.482 e. The van der Waals surface area contributed by atoms with Crippen molar-refractivity contribution in [2.75, 3.05) is 6.61 Å². The third-order valence-electron chi connectivity index (χ3n) is 5.78. The SMILES string of the molecule is C=Cc1ccc(OCC(=O)OC23CC4CC(CC(C4)C2)C3)cc1. The van der Waals surface area contributed by atoms with Crippen molar-refractivity contribution >= 4 is 12.0 Å². The molecule has 0 amide bonds. The van der Waals surface area contributed by atoms with Crippen molar-refractivity contribution in [1.82, 2.24) is 0 Å². The van der Waals surface area contributed by atoms with Crippen molar-refractivity contribution in [2.45, 2.75) is 44.1 Å². The molecule has 0 spiro atoms. The molecular formula is C20H24O3. The first-order valence-corrected chi connectivity index (χ1v) is 8.71. The van der Waals surface area contributed by atoms with Gasteiger partial charge >= 0.3 is 5.97 Å². The summed E-state index contributed by atoms with van der Waals surface area (Å²) in [7, 11) is 0. The van der Waals surface area contributed by atoms with E-state index in [9.17, 15) is 4.79 Å². The normalized spacial score (nSPS) is 34.2.